The number of aromatic nitrogens is 2. The summed E-state index contributed by atoms with van der Waals surface area (Å²) < 4.78 is 0. The lowest BCUT2D eigenvalue weighted by Gasteiger charge is -2.06. The second-order valence-corrected chi connectivity index (χ2v) is 5.90. The van der Waals surface area contributed by atoms with Crippen molar-refractivity contribution in [2.24, 2.45) is 0 Å². The van der Waals surface area contributed by atoms with Gasteiger partial charge in [-0.15, -0.1) is 11.3 Å². The quantitative estimate of drug-likeness (QED) is 0.803. The molecule has 3 rings (SSSR count). The summed E-state index contributed by atoms with van der Waals surface area (Å²) in [6.45, 7) is 2.37. The second-order valence-electron chi connectivity index (χ2n) is 4.55. The van der Waals surface area contributed by atoms with Gasteiger partial charge in [0.2, 0.25) is 0 Å². The van der Waals surface area contributed by atoms with Crippen molar-refractivity contribution in [3.8, 4) is 0 Å². The predicted octanol–water partition coefficient (Wildman–Crippen LogP) is 3.58. The van der Waals surface area contributed by atoms with Gasteiger partial charge in [0.25, 0.3) is 5.91 Å². The minimum atomic E-state index is -0.240. The topological polar surface area (TPSA) is 54.9 Å². The number of aryl methyl sites for hydroxylation is 1. The van der Waals surface area contributed by atoms with Gasteiger partial charge in [-0.05, 0) is 19.1 Å². The van der Waals surface area contributed by atoms with Crippen LogP contribution in [0.4, 0.5) is 0 Å². The first-order chi connectivity index (χ1) is 10.1. The van der Waals surface area contributed by atoms with Gasteiger partial charge in [0, 0.05) is 10.3 Å². The molecule has 106 valence electrons. The second kappa shape index (κ2) is 5.79. The van der Waals surface area contributed by atoms with E-state index < -0.39 is 0 Å². The van der Waals surface area contributed by atoms with Crippen molar-refractivity contribution in [2.75, 3.05) is 0 Å². The van der Waals surface area contributed by atoms with Crippen LogP contribution < -0.4 is 5.32 Å². The SMILES string of the molecule is Cc1ncsc1CNC(=O)c1cc(Cl)c2ccccc2n1. The minimum absolute atomic E-state index is 0.240. The Morgan fingerprint density at radius 3 is 2.95 bits per heavy atom. The van der Waals surface area contributed by atoms with E-state index in [4.69, 9.17) is 11.6 Å². The summed E-state index contributed by atoms with van der Waals surface area (Å²) in [4.78, 5) is 21.7. The number of amides is 1. The number of pyridine rings is 1. The third-order valence-corrected chi connectivity index (χ3v) is 4.40. The van der Waals surface area contributed by atoms with E-state index in [9.17, 15) is 4.79 Å². The smallest absolute Gasteiger partial charge is 0.270 e. The summed E-state index contributed by atoms with van der Waals surface area (Å²) in [6.07, 6.45) is 0. The van der Waals surface area contributed by atoms with Gasteiger partial charge < -0.3 is 5.32 Å². The molecule has 0 saturated heterocycles. The number of thiazole rings is 1. The molecule has 0 bridgehead atoms. The number of carbonyl (C=O) groups excluding carboxylic acids is 1. The fraction of sp³-hybridized carbons (Fsp3) is 0.133. The molecule has 0 saturated carbocycles. The van der Waals surface area contributed by atoms with E-state index in [0.717, 1.165) is 16.0 Å². The minimum Gasteiger partial charge on any atom is -0.346 e. The number of nitrogens with one attached hydrogen (secondary N) is 1. The largest absolute Gasteiger partial charge is 0.346 e. The molecule has 0 aliphatic carbocycles. The molecular formula is C15H12ClN3OS. The summed E-state index contributed by atoms with van der Waals surface area (Å²) in [5.74, 6) is -0.240. The zero-order valence-electron chi connectivity index (χ0n) is 11.3. The standard InChI is InChI=1S/C15H12ClN3OS/c1-9-14(21-8-18-9)7-17-15(20)13-6-11(16)10-4-2-3-5-12(10)19-13/h2-6,8H,7H2,1H3,(H,17,20). The molecule has 21 heavy (non-hydrogen) atoms. The molecule has 4 nitrogen and oxygen atoms in total. The van der Waals surface area contributed by atoms with Gasteiger partial charge in [0.15, 0.2) is 0 Å². The van der Waals surface area contributed by atoms with Crippen LogP contribution in [0.1, 0.15) is 21.1 Å². The van der Waals surface area contributed by atoms with E-state index >= 15 is 0 Å². The van der Waals surface area contributed by atoms with Gasteiger partial charge in [-0.2, -0.15) is 0 Å². The Balaban J connectivity index is 1.83. The van der Waals surface area contributed by atoms with Crippen molar-refractivity contribution in [2.45, 2.75) is 13.5 Å². The molecular weight excluding hydrogens is 306 g/mol. The third kappa shape index (κ3) is 2.89. The summed E-state index contributed by atoms with van der Waals surface area (Å²) in [5, 5.41) is 4.21. The van der Waals surface area contributed by atoms with Crippen LogP contribution in [0.15, 0.2) is 35.8 Å². The van der Waals surface area contributed by atoms with Crippen molar-refractivity contribution < 1.29 is 4.79 Å². The molecule has 0 atom stereocenters. The molecule has 0 fully saturated rings. The Bertz CT molecular complexity index is 816. The lowest BCUT2D eigenvalue weighted by molar-refractivity contribution is 0.0946. The van der Waals surface area contributed by atoms with Crippen molar-refractivity contribution in [1.82, 2.24) is 15.3 Å². The molecule has 2 heterocycles. The molecule has 0 spiro atoms. The highest BCUT2D eigenvalue weighted by Gasteiger charge is 2.12. The normalized spacial score (nSPS) is 10.8. The first-order valence-electron chi connectivity index (χ1n) is 6.37. The van der Waals surface area contributed by atoms with Crippen LogP contribution in [0.3, 0.4) is 0 Å². The Labute approximate surface area is 130 Å². The number of rotatable bonds is 3. The van der Waals surface area contributed by atoms with Gasteiger partial charge in [0.1, 0.15) is 5.69 Å². The van der Waals surface area contributed by atoms with Gasteiger partial charge in [-0.1, -0.05) is 29.8 Å². The van der Waals surface area contributed by atoms with Crippen LogP contribution in [0.2, 0.25) is 5.02 Å². The van der Waals surface area contributed by atoms with Gasteiger partial charge in [-0.25, -0.2) is 9.97 Å². The third-order valence-electron chi connectivity index (χ3n) is 3.15. The van der Waals surface area contributed by atoms with Gasteiger partial charge >= 0.3 is 0 Å². The first-order valence-corrected chi connectivity index (χ1v) is 7.63. The van der Waals surface area contributed by atoms with Crippen LogP contribution in [-0.2, 0) is 6.54 Å². The average Bonchev–Trinajstić information content (AvgIpc) is 2.90. The summed E-state index contributed by atoms with van der Waals surface area (Å²) in [7, 11) is 0. The average molecular weight is 318 g/mol. The zero-order valence-corrected chi connectivity index (χ0v) is 12.8. The maximum Gasteiger partial charge on any atom is 0.270 e. The van der Waals surface area contributed by atoms with Crippen LogP contribution in [0.5, 0.6) is 0 Å². The number of hydrogen-bond acceptors (Lipinski definition) is 4. The van der Waals surface area contributed by atoms with Crippen LogP contribution >= 0.6 is 22.9 Å². The monoisotopic (exact) mass is 317 g/mol. The Kier molecular flexibility index (Phi) is 3.86. The van der Waals surface area contributed by atoms with Crippen LogP contribution in [0.25, 0.3) is 10.9 Å². The molecule has 1 N–H and O–H groups in total. The molecule has 3 aromatic rings. The highest BCUT2D eigenvalue weighted by atomic mass is 35.5. The molecule has 0 unspecified atom stereocenters. The molecule has 0 radical (unpaired) electrons. The predicted molar refractivity (Wildman–Crippen MR) is 84.8 cm³/mol. The Hall–Kier alpha value is -1.98. The zero-order chi connectivity index (χ0) is 14.8. The van der Waals surface area contributed by atoms with E-state index in [1.54, 1.807) is 11.6 Å². The molecule has 2 aromatic heterocycles. The molecule has 1 aromatic carbocycles. The van der Waals surface area contributed by atoms with Gasteiger partial charge in [-0.3, -0.25) is 4.79 Å². The summed E-state index contributed by atoms with van der Waals surface area (Å²) in [5.41, 5.74) is 3.73. The van der Waals surface area contributed by atoms with E-state index in [1.807, 2.05) is 31.2 Å². The highest BCUT2D eigenvalue weighted by molar-refractivity contribution is 7.09. The fourth-order valence-electron chi connectivity index (χ4n) is 2.00. The van der Waals surface area contributed by atoms with Crippen LogP contribution in [-0.4, -0.2) is 15.9 Å². The van der Waals surface area contributed by atoms with Gasteiger partial charge in [0.05, 0.1) is 28.3 Å². The van der Waals surface area contributed by atoms with Crippen molar-refractivity contribution >= 4 is 39.7 Å². The number of hydrogen-bond donors (Lipinski definition) is 1. The van der Waals surface area contributed by atoms with E-state index in [-0.39, 0.29) is 5.91 Å². The highest BCUT2D eigenvalue weighted by Crippen LogP contribution is 2.22. The number of carbonyl (C=O) groups is 1. The van der Waals surface area contributed by atoms with Crippen molar-refractivity contribution in [3.63, 3.8) is 0 Å². The van der Waals surface area contributed by atoms with Crippen molar-refractivity contribution in [1.29, 1.82) is 0 Å². The summed E-state index contributed by atoms with van der Waals surface area (Å²) in [6, 6.07) is 9.08. The van der Waals surface area contributed by atoms with Crippen molar-refractivity contribution in [3.05, 3.63) is 57.1 Å². The summed E-state index contributed by atoms with van der Waals surface area (Å²) >= 11 is 7.72. The van der Waals surface area contributed by atoms with E-state index in [0.29, 0.717) is 22.8 Å². The van der Waals surface area contributed by atoms with E-state index in [2.05, 4.69) is 15.3 Å². The number of halogens is 1. The molecule has 6 heteroatoms. The number of nitrogens with zero attached hydrogens (tertiary/aromatic N) is 2. The Morgan fingerprint density at radius 2 is 2.19 bits per heavy atom. The Morgan fingerprint density at radius 1 is 1.38 bits per heavy atom. The van der Waals surface area contributed by atoms with Crippen LogP contribution in [0, 0.1) is 6.92 Å². The van der Waals surface area contributed by atoms with E-state index in [1.165, 1.54) is 11.3 Å². The number of para-hydroxylation sites is 1. The maximum atomic E-state index is 12.2. The molecule has 1 amide bonds. The molecule has 0 aliphatic rings. The maximum absolute atomic E-state index is 12.2. The number of benzene rings is 1. The number of fused-ring (bicyclic) bond motifs is 1. The lowest BCUT2D eigenvalue weighted by Crippen LogP contribution is -2.23. The molecule has 0 aliphatic heterocycles. The lowest BCUT2D eigenvalue weighted by atomic mass is 10.2. The fourth-order valence-corrected chi connectivity index (χ4v) is 2.98. The first kappa shape index (κ1) is 14.0.